The van der Waals surface area contributed by atoms with Crippen molar-refractivity contribution < 1.29 is 9.15 Å². The molecule has 0 radical (unpaired) electrons. The van der Waals surface area contributed by atoms with Gasteiger partial charge in [0.05, 0.1) is 5.75 Å². The topological polar surface area (TPSA) is 55.2 Å². The Morgan fingerprint density at radius 1 is 1.27 bits per heavy atom. The van der Waals surface area contributed by atoms with E-state index >= 15 is 0 Å². The minimum absolute atomic E-state index is 0.0395. The summed E-state index contributed by atoms with van der Waals surface area (Å²) in [5.41, 5.74) is 2.67. The van der Waals surface area contributed by atoms with Crippen LogP contribution in [-0.2, 0) is 18.6 Å². The van der Waals surface area contributed by atoms with Crippen LogP contribution < -0.4 is 10.5 Å². The van der Waals surface area contributed by atoms with Gasteiger partial charge in [0, 0.05) is 6.20 Å². The second kappa shape index (κ2) is 8.13. The molecule has 1 aromatic carbocycles. The van der Waals surface area contributed by atoms with Crippen LogP contribution in [0.2, 0.25) is 0 Å². The molecule has 0 fully saturated rings. The number of rotatable bonds is 8. The molecule has 2 rings (SSSR count). The van der Waals surface area contributed by atoms with Crippen LogP contribution in [0.4, 0.5) is 0 Å². The van der Waals surface area contributed by atoms with E-state index in [0.717, 1.165) is 25.0 Å². The first-order chi connectivity index (χ1) is 10.7. The number of hydrogen-bond acceptors (Lipinski definition) is 4. The number of oxazole rings is 1. The van der Waals surface area contributed by atoms with E-state index in [9.17, 15) is 4.79 Å². The third-order valence-corrected chi connectivity index (χ3v) is 4.80. The van der Waals surface area contributed by atoms with Gasteiger partial charge in [-0.25, -0.2) is 4.79 Å². The standard InChI is InChI=1S/C17H23NO3S/c1-4-12-8-7-9-15(14(12)5-2)21-16(6-3)22-11-13-10-18-17(19)20-13/h7-10,16H,4-6,11H2,1-3H3,(H,18,19). The van der Waals surface area contributed by atoms with Crippen LogP contribution in [0.5, 0.6) is 5.75 Å². The summed E-state index contributed by atoms with van der Waals surface area (Å²) in [4.78, 5) is 13.5. The van der Waals surface area contributed by atoms with E-state index in [2.05, 4.69) is 37.9 Å². The van der Waals surface area contributed by atoms with Gasteiger partial charge in [0.25, 0.3) is 0 Å². The van der Waals surface area contributed by atoms with E-state index in [-0.39, 0.29) is 5.44 Å². The normalized spacial score (nSPS) is 12.3. The van der Waals surface area contributed by atoms with Gasteiger partial charge in [0.2, 0.25) is 0 Å². The van der Waals surface area contributed by atoms with Crippen LogP contribution >= 0.6 is 11.8 Å². The van der Waals surface area contributed by atoms with Crippen LogP contribution in [-0.4, -0.2) is 10.4 Å². The Morgan fingerprint density at radius 2 is 2.09 bits per heavy atom. The molecule has 0 bridgehead atoms. The van der Waals surface area contributed by atoms with Crippen LogP contribution in [0, 0.1) is 0 Å². The highest BCUT2D eigenvalue weighted by atomic mass is 32.2. The Hall–Kier alpha value is -1.62. The Bertz CT molecular complexity index is 647. The molecule has 1 atom stereocenters. The molecular weight excluding hydrogens is 298 g/mol. The van der Waals surface area contributed by atoms with Gasteiger partial charge >= 0.3 is 5.76 Å². The lowest BCUT2D eigenvalue weighted by molar-refractivity contribution is 0.280. The third kappa shape index (κ3) is 4.19. The van der Waals surface area contributed by atoms with E-state index in [1.54, 1.807) is 18.0 Å². The Labute approximate surface area is 135 Å². The smallest absolute Gasteiger partial charge is 0.416 e. The fourth-order valence-corrected chi connectivity index (χ4v) is 3.29. The van der Waals surface area contributed by atoms with Crippen molar-refractivity contribution in [3.8, 4) is 5.75 Å². The molecular formula is C17H23NO3S. The van der Waals surface area contributed by atoms with Gasteiger partial charge in [0.1, 0.15) is 16.9 Å². The Balaban J connectivity index is 2.05. The minimum atomic E-state index is -0.409. The highest BCUT2D eigenvalue weighted by Gasteiger charge is 2.14. The van der Waals surface area contributed by atoms with Gasteiger partial charge in [-0.2, -0.15) is 0 Å². The van der Waals surface area contributed by atoms with E-state index in [0.29, 0.717) is 11.5 Å². The fraction of sp³-hybridized carbons (Fsp3) is 0.471. The number of ether oxygens (including phenoxy) is 1. The quantitative estimate of drug-likeness (QED) is 0.742. The van der Waals surface area contributed by atoms with Crippen molar-refractivity contribution in [3.63, 3.8) is 0 Å². The average Bonchev–Trinajstić information content (AvgIpc) is 2.96. The summed E-state index contributed by atoms with van der Waals surface area (Å²) in [7, 11) is 0. The van der Waals surface area contributed by atoms with Crippen LogP contribution in [0.1, 0.15) is 44.1 Å². The lowest BCUT2D eigenvalue weighted by atomic mass is 10.0. The number of nitrogens with one attached hydrogen (secondary N) is 1. The van der Waals surface area contributed by atoms with Crippen molar-refractivity contribution in [2.24, 2.45) is 0 Å². The second-order valence-electron chi connectivity index (χ2n) is 5.01. The van der Waals surface area contributed by atoms with Crippen molar-refractivity contribution in [2.75, 3.05) is 0 Å². The predicted octanol–water partition coefficient (Wildman–Crippen LogP) is 4.14. The summed E-state index contributed by atoms with van der Waals surface area (Å²) in [6.45, 7) is 6.42. The van der Waals surface area contributed by atoms with Gasteiger partial charge in [-0.1, -0.05) is 32.9 Å². The molecule has 5 heteroatoms. The molecule has 120 valence electrons. The first-order valence-electron chi connectivity index (χ1n) is 7.74. The van der Waals surface area contributed by atoms with E-state index in [4.69, 9.17) is 9.15 Å². The summed E-state index contributed by atoms with van der Waals surface area (Å²) in [6, 6.07) is 6.25. The molecule has 1 unspecified atom stereocenters. The van der Waals surface area contributed by atoms with Crippen LogP contribution in [0.15, 0.2) is 33.6 Å². The Morgan fingerprint density at radius 3 is 2.68 bits per heavy atom. The third-order valence-electron chi connectivity index (χ3n) is 3.54. The van der Waals surface area contributed by atoms with Gasteiger partial charge in [-0.15, -0.1) is 11.8 Å². The number of hydrogen-bond donors (Lipinski definition) is 1. The number of thioether (sulfide) groups is 1. The second-order valence-corrected chi connectivity index (χ2v) is 6.16. The summed E-state index contributed by atoms with van der Waals surface area (Å²) < 4.78 is 11.2. The van der Waals surface area contributed by atoms with Gasteiger partial charge in [-0.05, 0) is 36.5 Å². The zero-order valence-corrected chi connectivity index (χ0v) is 14.2. The lowest BCUT2D eigenvalue weighted by Gasteiger charge is -2.20. The maximum absolute atomic E-state index is 11.0. The van der Waals surface area contributed by atoms with Crippen molar-refractivity contribution >= 4 is 11.8 Å². The number of aromatic amines is 1. The molecule has 22 heavy (non-hydrogen) atoms. The largest absolute Gasteiger partial charge is 0.480 e. The van der Waals surface area contributed by atoms with Gasteiger partial charge < -0.3 is 9.15 Å². The highest BCUT2D eigenvalue weighted by molar-refractivity contribution is 7.99. The molecule has 0 amide bonds. The highest BCUT2D eigenvalue weighted by Crippen LogP contribution is 2.29. The number of H-pyrrole nitrogens is 1. The van der Waals surface area contributed by atoms with Crippen molar-refractivity contribution in [1.29, 1.82) is 0 Å². The molecule has 0 saturated carbocycles. The van der Waals surface area contributed by atoms with Crippen molar-refractivity contribution in [1.82, 2.24) is 4.98 Å². The molecule has 0 aliphatic rings. The van der Waals surface area contributed by atoms with Gasteiger partial charge in [0.15, 0.2) is 0 Å². The minimum Gasteiger partial charge on any atom is -0.480 e. The Kier molecular flexibility index (Phi) is 6.19. The van der Waals surface area contributed by atoms with E-state index < -0.39 is 5.76 Å². The number of aromatic nitrogens is 1. The van der Waals surface area contributed by atoms with Gasteiger partial charge in [-0.3, -0.25) is 4.98 Å². The zero-order valence-electron chi connectivity index (χ0n) is 13.3. The molecule has 1 heterocycles. The molecule has 1 aromatic heterocycles. The summed E-state index contributed by atoms with van der Waals surface area (Å²) in [6.07, 6.45) is 4.47. The average molecular weight is 321 g/mol. The molecule has 2 aromatic rings. The van der Waals surface area contributed by atoms with E-state index in [1.165, 1.54) is 11.1 Å². The predicted molar refractivity (Wildman–Crippen MR) is 90.5 cm³/mol. The molecule has 0 aliphatic heterocycles. The lowest BCUT2D eigenvalue weighted by Crippen LogP contribution is -2.13. The summed E-state index contributed by atoms with van der Waals surface area (Å²) >= 11 is 1.64. The maximum atomic E-state index is 11.0. The van der Waals surface area contributed by atoms with E-state index in [1.807, 2.05) is 6.07 Å². The first-order valence-corrected chi connectivity index (χ1v) is 8.79. The SMILES string of the molecule is CCc1cccc(OC(CC)SCc2c[nH]c(=O)o2)c1CC. The molecule has 0 saturated heterocycles. The van der Waals surface area contributed by atoms with Crippen LogP contribution in [0.25, 0.3) is 0 Å². The monoisotopic (exact) mass is 321 g/mol. The first kappa shape index (κ1) is 16.7. The molecule has 4 nitrogen and oxygen atoms in total. The summed E-state index contributed by atoms with van der Waals surface area (Å²) in [5.74, 6) is 1.83. The molecule has 1 N–H and O–H groups in total. The summed E-state index contributed by atoms with van der Waals surface area (Å²) in [5, 5.41) is 0. The van der Waals surface area contributed by atoms with Crippen molar-refractivity contribution in [2.45, 2.75) is 51.2 Å². The maximum Gasteiger partial charge on any atom is 0.416 e. The fourth-order valence-electron chi connectivity index (χ4n) is 2.39. The zero-order chi connectivity index (χ0) is 15.9. The van der Waals surface area contributed by atoms with Crippen molar-refractivity contribution in [3.05, 3.63) is 51.8 Å². The number of benzene rings is 1. The van der Waals surface area contributed by atoms with Crippen LogP contribution in [0.3, 0.4) is 0 Å². The molecule has 0 spiro atoms. The number of aryl methyl sites for hydroxylation is 1. The molecule has 0 aliphatic carbocycles.